The normalized spacial score (nSPS) is 28.8. The van der Waals surface area contributed by atoms with Gasteiger partial charge in [-0.2, -0.15) is 0 Å². The Hall–Kier alpha value is -0.360. The number of esters is 2. The zero-order chi connectivity index (χ0) is 18.9. The molecule has 2 aliphatic rings. The Morgan fingerprint density at radius 1 is 0.800 bits per heavy atom. The first-order valence-electron chi connectivity index (χ1n) is 6.77. The van der Waals surface area contributed by atoms with Crippen molar-refractivity contribution in [3.63, 3.8) is 0 Å². The molecule has 0 N–H and O–H groups in total. The highest BCUT2D eigenvalue weighted by Gasteiger charge is 2.79. The van der Waals surface area contributed by atoms with Crippen molar-refractivity contribution in [2.24, 2.45) is 0 Å². The summed E-state index contributed by atoms with van der Waals surface area (Å²) in [7, 11) is 0. The Bertz CT molecular complexity index is 797. The van der Waals surface area contributed by atoms with Crippen LogP contribution in [-0.4, -0.2) is 16.3 Å². The van der Waals surface area contributed by atoms with Gasteiger partial charge in [-0.3, -0.25) is 9.59 Å². The highest BCUT2D eigenvalue weighted by molar-refractivity contribution is 6.65. The molecule has 2 atom stereocenters. The van der Waals surface area contributed by atoms with Crippen LogP contribution in [0.15, 0.2) is 22.2 Å². The average molecular weight is 465 g/mol. The molecule has 10 heteroatoms. The van der Waals surface area contributed by atoms with Crippen LogP contribution in [0, 0.1) is 0 Å². The minimum atomic E-state index is -1.94. The predicted molar refractivity (Wildman–Crippen MR) is 97.3 cm³/mol. The van der Waals surface area contributed by atoms with Crippen LogP contribution < -0.4 is 9.47 Å². The molecule has 0 saturated carbocycles. The van der Waals surface area contributed by atoms with Crippen molar-refractivity contribution in [1.82, 2.24) is 0 Å². The van der Waals surface area contributed by atoms with Gasteiger partial charge in [0.1, 0.15) is 21.2 Å². The van der Waals surface area contributed by atoms with E-state index in [1.807, 2.05) is 0 Å². The Kier molecular flexibility index (Phi) is 4.51. The zero-order valence-corrected chi connectivity index (χ0v) is 17.1. The van der Waals surface area contributed by atoms with Gasteiger partial charge in [-0.15, -0.1) is 23.2 Å². The molecule has 0 spiro atoms. The van der Waals surface area contributed by atoms with E-state index in [1.165, 1.54) is 26.0 Å². The maximum Gasteiger partial charge on any atom is 0.308 e. The summed E-state index contributed by atoms with van der Waals surface area (Å²) in [6, 6.07) is 2.76. The summed E-state index contributed by atoms with van der Waals surface area (Å²) < 4.78 is 8.45. The summed E-state index contributed by atoms with van der Waals surface area (Å²) >= 11 is 39.0. The third-order valence-corrected chi connectivity index (χ3v) is 8.07. The maximum atomic E-state index is 11.5. The van der Waals surface area contributed by atoms with E-state index in [0.29, 0.717) is 0 Å². The van der Waals surface area contributed by atoms with Crippen molar-refractivity contribution < 1.29 is 19.1 Å². The molecule has 1 aromatic carbocycles. The topological polar surface area (TPSA) is 52.6 Å². The van der Waals surface area contributed by atoms with Crippen molar-refractivity contribution in [1.29, 1.82) is 0 Å². The molecule has 0 heterocycles. The fourth-order valence-electron chi connectivity index (χ4n) is 3.08. The average Bonchev–Trinajstić information content (AvgIpc) is 2.70. The van der Waals surface area contributed by atoms with Crippen LogP contribution in [0.5, 0.6) is 11.5 Å². The van der Waals surface area contributed by atoms with Crippen LogP contribution in [0.2, 0.25) is 0 Å². The fourth-order valence-corrected chi connectivity index (χ4v) is 5.78. The minimum Gasteiger partial charge on any atom is -0.426 e. The molecule has 0 radical (unpaired) electrons. The van der Waals surface area contributed by atoms with Gasteiger partial charge in [0.15, 0.2) is 4.33 Å². The zero-order valence-electron chi connectivity index (χ0n) is 12.6. The maximum absolute atomic E-state index is 11.5. The molecule has 0 saturated heterocycles. The molecule has 0 amide bonds. The van der Waals surface area contributed by atoms with Crippen molar-refractivity contribution in [2.45, 2.75) is 27.9 Å². The number of alkyl halides is 4. The molecule has 0 unspecified atom stereocenters. The first-order chi connectivity index (χ1) is 11.4. The monoisotopic (exact) mass is 462 g/mol. The highest BCUT2D eigenvalue weighted by atomic mass is 35.5. The Morgan fingerprint density at radius 2 is 1.12 bits per heavy atom. The van der Waals surface area contributed by atoms with E-state index < -0.39 is 26.0 Å². The molecule has 4 nitrogen and oxygen atoms in total. The fraction of sp³-hybridized carbons (Fsp3) is 0.333. The summed E-state index contributed by atoms with van der Waals surface area (Å²) in [6.45, 7) is 2.41. The summed E-state index contributed by atoms with van der Waals surface area (Å²) in [5.41, 5.74) is 0.245. The van der Waals surface area contributed by atoms with Crippen LogP contribution in [0.1, 0.15) is 25.0 Å². The van der Waals surface area contributed by atoms with Crippen LogP contribution in [0.4, 0.5) is 0 Å². The third kappa shape index (κ3) is 2.22. The van der Waals surface area contributed by atoms with E-state index in [2.05, 4.69) is 0 Å². The Balaban J connectivity index is 2.42. The number of carbonyl (C=O) groups excluding carboxylic acids is 2. The van der Waals surface area contributed by atoms with Gasteiger partial charge in [0.05, 0.1) is 10.1 Å². The number of hydrogen-bond donors (Lipinski definition) is 0. The lowest BCUT2D eigenvalue weighted by Gasteiger charge is -2.31. The molecule has 0 fully saturated rings. The van der Waals surface area contributed by atoms with Crippen LogP contribution in [-0.2, 0) is 19.3 Å². The molecule has 2 aliphatic carbocycles. The lowest BCUT2D eigenvalue weighted by molar-refractivity contribution is -0.133. The van der Waals surface area contributed by atoms with Gasteiger partial charge in [0, 0.05) is 25.0 Å². The summed E-state index contributed by atoms with van der Waals surface area (Å²) in [4.78, 5) is 19.3. The van der Waals surface area contributed by atoms with Crippen LogP contribution in [0.25, 0.3) is 0 Å². The van der Waals surface area contributed by atoms with E-state index >= 15 is 0 Å². The summed E-state index contributed by atoms with van der Waals surface area (Å²) in [5.74, 6) is -1.17. The van der Waals surface area contributed by atoms with E-state index in [-0.39, 0.29) is 32.7 Å². The molecule has 1 aromatic rings. The van der Waals surface area contributed by atoms with E-state index in [1.54, 1.807) is 0 Å². The van der Waals surface area contributed by atoms with Crippen molar-refractivity contribution >= 4 is 81.5 Å². The SMILES string of the molecule is CC(=O)Oc1ccc(OC(C)=O)c2c1[C@]1(Cl)C(Cl)=C(Cl)[C@]2(Cl)C1(Cl)Cl. The first kappa shape index (κ1) is 19.4. The molecule has 3 rings (SSSR count). The van der Waals surface area contributed by atoms with Crippen LogP contribution >= 0.6 is 69.6 Å². The number of ether oxygens (including phenoxy) is 2. The number of rotatable bonds is 2. The molecule has 134 valence electrons. The van der Waals surface area contributed by atoms with Gasteiger partial charge < -0.3 is 9.47 Å². The van der Waals surface area contributed by atoms with Gasteiger partial charge >= 0.3 is 11.9 Å². The standard InChI is InChI=1S/C15H8Cl6O4/c1-5(22)24-7-3-4-8(25-6(2)23)10-9(7)13(18)11(16)12(17)14(10,19)15(13,20)21/h3-4H,1-2H3/t13-,14-/m0/s1. The molecular weight excluding hydrogens is 457 g/mol. The largest absolute Gasteiger partial charge is 0.426 e. The smallest absolute Gasteiger partial charge is 0.308 e. The second-order valence-corrected chi connectivity index (χ2v) is 8.74. The minimum absolute atomic E-state index is 0.0314. The van der Waals surface area contributed by atoms with Gasteiger partial charge in [0.25, 0.3) is 0 Å². The van der Waals surface area contributed by atoms with Crippen LogP contribution in [0.3, 0.4) is 0 Å². The first-order valence-corrected chi connectivity index (χ1v) is 9.04. The van der Waals surface area contributed by atoms with Crippen molar-refractivity contribution in [2.75, 3.05) is 0 Å². The molecule has 0 aromatic heterocycles. The van der Waals surface area contributed by atoms with E-state index in [9.17, 15) is 9.59 Å². The van der Waals surface area contributed by atoms with E-state index in [0.717, 1.165) is 0 Å². The number of carbonyl (C=O) groups is 2. The summed E-state index contributed by atoms with van der Waals surface area (Å²) in [5, 5.41) is -0.201. The molecule has 0 aliphatic heterocycles. The van der Waals surface area contributed by atoms with Gasteiger partial charge in [-0.1, -0.05) is 46.4 Å². The molecular formula is C15H8Cl6O4. The highest BCUT2D eigenvalue weighted by Crippen LogP contribution is 2.79. The van der Waals surface area contributed by atoms with Gasteiger partial charge in [0.2, 0.25) is 0 Å². The molecule has 25 heavy (non-hydrogen) atoms. The lowest BCUT2D eigenvalue weighted by atomic mass is 9.93. The number of benzene rings is 1. The number of allylic oxidation sites excluding steroid dienone is 2. The summed E-state index contributed by atoms with van der Waals surface area (Å²) in [6.07, 6.45) is 0. The second kappa shape index (κ2) is 5.82. The number of fused-ring (bicyclic) bond motifs is 5. The quantitative estimate of drug-likeness (QED) is 0.339. The Morgan fingerprint density at radius 3 is 1.40 bits per heavy atom. The van der Waals surface area contributed by atoms with Gasteiger partial charge in [-0.05, 0) is 12.1 Å². The Labute approximate surface area is 172 Å². The predicted octanol–water partition coefficient (Wildman–Crippen LogP) is 5.30. The lowest BCUT2D eigenvalue weighted by Crippen LogP contribution is -2.39. The number of halogens is 6. The second-order valence-electron chi connectivity index (χ2n) is 5.52. The number of hydrogen-bond acceptors (Lipinski definition) is 4. The molecule has 2 bridgehead atoms. The third-order valence-electron chi connectivity index (χ3n) is 3.99. The van der Waals surface area contributed by atoms with Crippen molar-refractivity contribution in [3.8, 4) is 11.5 Å². The van der Waals surface area contributed by atoms with E-state index in [4.69, 9.17) is 79.1 Å². The van der Waals surface area contributed by atoms with Crippen molar-refractivity contribution in [3.05, 3.63) is 33.3 Å². The van der Waals surface area contributed by atoms with Gasteiger partial charge in [-0.25, -0.2) is 0 Å².